The summed E-state index contributed by atoms with van der Waals surface area (Å²) < 4.78 is 14.1. The summed E-state index contributed by atoms with van der Waals surface area (Å²) in [5, 5.41) is 0.432. The Morgan fingerprint density at radius 1 is 1.19 bits per heavy atom. The summed E-state index contributed by atoms with van der Waals surface area (Å²) in [6.45, 7) is 2.63. The summed E-state index contributed by atoms with van der Waals surface area (Å²) in [7, 11) is 0. The van der Waals surface area contributed by atoms with Crippen molar-refractivity contribution in [2.24, 2.45) is 4.99 Å². The molecular formula is C26H23ClN4O5. The standard InChI is InChI=1S/C26H23ClN4O5/c1-2-35-26(34)19-14-18-22(28-21-11-5-6-12-30(21)25(18)33)31(15-16-8-7-13-36-16)23(19)29-24(32)17-9-3-4-10-20(17)27/h3-6,9-12,14,16H,2,7-8,13,15H2,1H3. The van der Waals surface area contributed by atoms with Gasteiger partial charge in [0.1, 0.15) is 16.9 Å². The van der Waals surface area contributed by atoms with Crippen molar-refractivity contribution in [3.63, 3.8) is 0 Å². The highest BCUT2D eigenvalue weighted by atomic mass is 35.5. The van der Waals surface area contributed by atoms with E-state index >= 15 is 0 Å². The van der Waals surface area contributed by atoms with Crippen LogP contribution in [0.4, 0.5) is 0 Å². The summed E-state index contributed by atoms with van der Waals surface area (Å²) >= 11 is 6.24. The third-order valence-electron chi connectivity index (χ3n) is 6.01. The van der Waals surface area contributed by atoms with Crippen LogP contribution in [0, 0.1) is 0 Å². The highest BCUT2D eigenvalue weighted by Gasteiger charge is 2.24. The number of hydrogen-bond acceptors (Lipinski definition) is 6. The van der Waals surface area contributed by atoms with Gasteiger partial charge in [-0.3, -0.25) is 14.0 Å². The maximum Gasteiger partial charge on any atom is 0.341 e. The largest absolute Gasteiger partial charge is 0.462 e. The minimum atomic E-state index is -0.705. The minimum Gasteiger partial charge on any atom is -0.462 e. The van der Waals surface area contributed by atoms with E-state index in [1.807, 2.05) is 0 Å². The molecule has 10 heteroatoms. The fraction of sp³-hybridized carbons (Fsp3) is 0.269. The fourth-order valence-corrected chi connectivity index (χ4v) is 4.53. The van der Waals surface area contributed by atoms with Crippen molar-refractivity contribution in [1.29, 1.82) is 0 Å². The number of esters is 1. The Morgan fingerprint density at radius 3 is 2.75 bits per heavy atom. The van der Waals surface area contributed by atoms with Crippen LogP contribution in [0.3, 0.4) is 0 Å². The number of hydrogen-bond donors (Lipinski definition) is 0. The summed E-state index contributed by atoms with van der Waals surface area (Å²) in [6.07, 6.45) is 3.07. The van der Waals surface area contributed by atoms with E-state index in [1.165, 1.54) is 10.5 Å². The van der Waals surface area contributed by atoms with Crippen LogP contribution in [-0.2, 0) is 16.0 Å². The van der Waals surface area contributed by atoms with Crippen molar-refractivity contribution in [2.45, 2.75) is 32.4 Å². The van der Waals surface area contributed by atoms with Crippen molar-refractivity contribution in [1.82, 2.24) is 14.0 Å². The van der Waals surface area contributed by atoms with E-state index in [2.05, 4.69) is 4.99 Å². The third-order valence-corrected chi connectivity index (χ3v) is 6.34. The molecule has 36 heavy (non-hydrogen) atoms. The molecule has 0 spiro atoms. The Balaban J connectivity index is 1.87. The molecule has 1 saturated heterocycles. The molecule has 4 aromatic rings. The Kier molecular flexibility index (Phi) is 6.67. The number of halogens is 1. The first-order valence-corrected chi connectivity index (χ1v) is 12.0. The first-order valence-electron chi connectivity index (χ1n) is 11.6. The second-order valence-corrected chi connectivity index (χ2v) is 8.73. The molecule has 1 aromatic carbocycles. The van der Waals surface area contributed by atoms with Gasteiger partial charge in [0.25, 0.3) is 11.5 Å². The quantitative estimate of drug-likeness (QED) is 0.303. The normalized spacial score (nSPS) is 16.1. The third kappa shape index (κ3) is 4.43. The van der Waals surface area contributed by atoms with E-state index in [-0.39, 0.29) is 51.8 Å². The molecule has 1 atom stereocenters. The van der Waals surface area contributed by atoms with Crippen molar-refractivity contribution < 1.29 is 19.1 Å². The topological polar surface area (TPSA) is 104 Å². The summed E-state index contributed by atoms with van der Waals surface area (Å²) in [5.74, 6) is -1.34. The van der Waals surface area contributed by atoms with Crippen LogP contribution in [0.1, 0.15) is 40.5 Å². The molecule has 1 aliphatic heterocycles. The fourth-order valence-electron chi connectivity index (χ4n) is 4.31. The average Bonchev–Trinajstić information content (AvgIpc) is 3.39. The van der Waals surface area contributed by atoms with Crippen molar-refractivity contribution in [2.75, 3.05) is 13.2 Å². The van der Waals surface area contributed by atoms with Gasteiger partial charge in [-0.25, -0.2) is 9.78 Å². The second kappa shape index (κ2) is 10.0. The molecule has 0 saturated carbocycles. The molecule has 1 fully saturated rings. The number of carbonyl (C=O) groups is 2. The number of rotatable bonds is 5. The van der Waals surface area contributed by atoms with Gasteiger partial charge < -0.3 is 14.0 Å². The Morgan fingerprint density at radius 2 is 2.00 bits per heavy atom. The predicted molar refractivity (Wildman–Crippen MR) is 133 cm³/mol. The minimum absolute atomic E-state index is 0.0162. The van der Waals surface area contributed by atoms with E-state index in [0.717, 1.165) is 12.8 Å². The van der Waals surface area contributed by atoms with Gasteiger partial charge in [-0.2, -0.15) is 4.99 Å². The lowest BCUT2D eigenvalue weighted by Gasteiger charge is -2.18. The van der Waals surface area contributed by atoms with Gasteiger partial charge in [0.05, 0.1) is 35.2 Å². The van der Waals surface area contributed by atoms with Gasteiger partial charge in [-0.05, 0) is 50.1 Å². The molecule has 0 radical (unpaired) electrons. The first kappa shape index (κ1) is 23.9. The maximum atomic E-state index is 13.4. The highest BCUT2D eigenvalue weighted by Crippen LogP contribution is 2.19. The van der Waals surface area contributed by atoms with E-state index in [4.69, 9.17) is 26.1 Å². The van der Waals surface area contributed by atoms with Crippen LogP contribution in [-0.4, -0.2) is 45.1 Å². The molecule has 9 nitrogen and oxygen atoms in total. The average molecular weight is 507 g/mol. The van der Waals surface area contributed by atoms with Gasteiger partial charge in [-0.1, -0.05) is 29.8 Å². The number of amides is 1. The van der Waals surface area contributed by atoms with Gasteiger partial charge in [0.2, 0.25) is 0 Å². The lowest BCUT2D eigenvalue weighted by Crippen LogP contribution is -2.35. The molecule has 1 amide bonds. The monoisotopic (exact) mass is 506 g/mol. The smallest absolute Gasteiger partial charge is 0.341 e. The number of pyridine rings is 2. The molecule has 0 bridgehead atoms. The lowest BCUT2D eigenvalue weighted by atomic mass is 10.1. The Bertz CT molecular complexity index is 1620. The van der Waals surface area contributed by atoms with Gasteiger partial charge >= 0.3 is 5.97 Å². The molecule has 0 aliphatic carbocycles. The van der Waals surface area contributed by atoms with E-state index < -0.39 is 11.9 Å². The second-order valence-electron chi connectivity index (χ2n) is 8.33. The number of benzene rings is 1. The molecule has 5 rings (SSSR count). The maximum absolute atomic E-state index is 13.4. The van der Waals surface area contributed by atoms with Crippen molar-refractivity contribution in [3.8, 4) is 0 Å². The zero-order valence-electron chi connectivity index (χ0n) is 19.5. The molecule has 0 N–H and O–H groups in total. The summed E-state index contributed by atoms with van der Waals surface area (Å²) in [5.41, 5.74) is 0.561. The van der Waals surface area contributed by atoms with Gasteiger partial charge in [0, 0.05) is 12.8 Å². The summed E-state index contributed by atoms with van der Waals surface area (Å²) in [4.78, 5) is 48.8. The Labute approximate surface area is 210 Å². The van der Waals surface area contributed by atoms with Crippen molar-refractivity contribution in [3.05, 3.63) is 86.7 Å². The van der Waals surface area contributed by atoms with Crippen LogP contribution >= 0.6 is 11.6 Å². The van der Waals surface area contributed by atoms with E-state index in [9.17, 15) is 14.4 Å². The number of nitrogens with zero attached hydrogens (tertiary/aromatic N) is 4. The highest BCUT2D eigenvalue weighted by molar-refractivity contribution is 6.33. The molecule has 184 valence electrons. The van der Waals surface area contributed by atoms with Gasteiger partial charge in [-0.15, -0.1) is 0 Å². The van der Waals surface area contributed by atoms with Crippen LogP contribution < -0.4 is 11.0 Å². The SMILES string of the molecule is CCOC(=O)c1cc2c(=O)n3ccccc3nc2n(CC2CCCO2)c1=NC(=O)c1ccccc1Cl. The molecule has 3 aromatic heterocycles. The van der Waals surface area contributed by atoms with E-state index in [0.29, 0.717) is 17.9 Å². The molecular weight excluding hydrogens is 484 g/mol. The molecule has 4 heterocycles. The van der Waals surface area contributed by atoms with E-state index in [1.54, 1.807) is 60.2 Å². The Hall–Kier alpha value is -3.82. The molecule has 1 unspecified atom stereocenters. The number of ether oxygens (including phenoxy) is 2. The zero-order valence-corrected chi connectivity index (χ0v) is 20.3. The van der Waals surface area contributed by atoms with Crippen LogP contribution in [0.25, 0.3) is 16.7 Å². The lowest BCUT2D eigenvalue weighted by molar-refractivity contribution is 0.0521. The van der Waals surface area contributed by atoms with Crippen LogP contribution in [0.5, 0.6) is 0 Å². The molecule has 1 aliphatic rings. The number of aromatic nitrogens is 3. The van der Waals surface area contributed by atoms with Gasteiger partial charge in [0.15, 0.2) is 5.49 Å². The van der Waals surface area contributed by atoms with Crippen LogP contribution in [0.15, 0.2) is 64.5 Å². The predicted octanol–water partition coefficient (Wildman–Crippen LogP) is 3.40. The van der Waals surface area contributed by atoms with Crippen molar-refractivity contribution >= 4 is 40.2 Å². The summed E-state index contributed by atoms with van der Waals surface area (Å²) in [6, 6.07) is 13.1. The zero-order chi connectivity index (χ0) is 25.2. The van der Waals surface area contributed by atoms with Crippen LogP contribution in [0.2, 0.25) is 5.02 Å². The number of fused-ring (bicyclic) bond motifs is 2. The number of carbonyl (C=O) groups excluding carboxylic acids is 2. The first-order chi connectivity index (χ1) is 17.5.